The quantitative estimate of drug-likeness (QED) is 0.699. The summed E-state index contributed by atoms with van der Waals surface area (Å²) in [7, 11) is 0. The first-order valence-electron chi connectivity index (χ1n) is 3.36. The van der Waals surface area contributed by atoms with E-state index in [1.165, 1.54) is 5.56 Å². The van der Waals surface area contributed by atoms with Crippen LogP contribution in [0.1, 0.15) is 16.8 Å². The van der Waals surface area contributed by atoms with Crippen LogP contribution in [0.25, 0.3) is 0 Å². The lowest BCUT2D eigenvalue weighted by atomic mass is 10.1. The van der Waals surface area contributed by atoms with Gasteiger partial charge in [0.15, 0.2) is 0 Å². The van der Waals surface area contributed by atoms with E-state index >= 15 is 0 Å². The van der Waals surface area contributed by atoms with Crippen LogP contribution < -0.4 is 5.73 Å². The lowest BCUT2D eigenvalue weighted by Gasteiger charge is -2.01. The van der Waals surface area contributed by atoms with E-state index in [9.17, 15) is 0 Å². The fourth-order valence-electron chi connectivity index (χ4n) is 0.905. The highest BCUT2D eigenvalue weighted by Gasteiger charge is 1.95. The van der Waals surface area contributed by atoms with Gasteiger partial charge in [0.05, 0.1) is 0 Å². The van der Waals surface area contributed by atoms with Crippen molar-refractivity contribution in [3.8, 4) is 0 Å². The first-order valence-corrected chi connectivity index (χ1v) is 3.36. The monoisotopic (exact) mass is 172 g/mol. The zero-order valence-corrected chi connectivity index (χ0v) is 7.61. The van der Waals surface area contributed by atoms with Crippen molar-refractivity contribution in [3.63, 3.8) is 0 Å². The van der Waals surface area contributed by atoms with Crippen LogP contribution in [0.3, 0.4) is 0 Å². The number of nitrogens with zero attached hydrogens (tertiary/aromatic N) is 1. The molecular formula is C8H13ClN2. The highest BCUT2D eigenvalue weighted by molar-refractivity contribution is 5.85. The third kappa shape index (κ3) is 2.48. The number of pyridine rings is 1. The van der Waals surface area contributed by atoms with Crippen LogP contribution in [0.2, 0.25) is 0 Å². The topological polar surface area (TPSA) is 38.9 Å². The third-order valence-corrected chi connectivity index (χ3v) is 1.55. The Balaban J connectivity index is 0.000001000. The summed E-state index contributed by atoms with van der Waals surface area (Å²) in [4.78, 5) is 4.17. The largest absolute Gasteiger partial charge is 0.326 e. The van der Waals surface area contributed by atoms with E-state index in [0.29, 0.717) is 6.54 Å². The van der Waals surface area contributed by atoms with E-state index in [4.69, 9.17) is 5.73 Å². The fourth-order valence-corrected chi connectivity index (χ4v) is 0.905. The van der Waals surface area contributed by atoms with E-state index in [0.717, 1.165) is 11.3 Å². The van der Waals surface area contributed by atoms with E-state index < -0.39 is 0 Å². The van der Waals surface area contributed by atoms with Gasteiger partial charge in [-0.3, -0.25) is 4.98 Å². The molecule has 11 heavy (non-hydrogen) atoms. The summed E-state index contributed by atoms with van der Waals surface area (Å²) in [5.74, 6) is 0. The van der Waals surface area contributed by atoms with Gasteiger partial charge in [-0.15, -0.1) is 12.4 Å². The Kier molecular flexibility index (Phi) is 4.08. The van der Waals surface area contributed by atoms with Gasteiger partial charge < -0.3 is 5.73 Å². The summed E-state index contributed by atoms with van der Waals surface area (Å²) in [6, 6.07) is 2.07. The number of nitrogens with two attached hydrogens (primary N) is 1. The molecule has 0 aliphatic rings. The molecule has 0 unspecified atom stereocenters. The van der Waals surface area contributed by atoms with E-state index in [-0.39, 0.29) is 12.4 Å². The summed E-state index contributed by atoms with van der Waals surface area (Å²) in [5.41, 5.74) is 8.83. The SMILES string of the molecule is Cc1cnc(C)c(CN)c1.Cl. The zero-order valence-electron chi connectivity index (χ0n) is 6.79. The van der Waals surface area contributed by atoms with Crippen LogP contribution in [0, 0.1) is 13.8 Å². The van der Waals surface area contributed by atoms with Crippen molar-refractivity contribution in [2.45, 2.75) is 20.4 Å². The average Bonchev–Trinajstić information content (AvgIpc) is 1.94. The van der Waals surface area contributed by atoms with Gasteiger partial charge in [0.1, 0.15) is 0 Å². The molecule has 2 nitrogen and oxygen atoms in total. The normalized spacial score (nSPS) is 9.00. The number of halogens is 1. The predicted molar refractivity (Wildman–Crippen MR) is 48.9 cm³/mol. The fraction of sp³-hybridized carbons (Fsp3) is 0.375. The van der Waals surface area contributed by atoms with Gasteiger partial charge in [-0.25, -0.2) is 0 Å². The van der Waals surface area contributed by atoms with Crippen LogP contribution in [0.4, 0.5) is 0 Å². The maximum Gasteiger partial charge on any atom is 0.0417 e. The van der Waals surface area contributed by atoms with Crippen LogP contribution in [-0.2, 0) is 6.54 Å². The van der Waals surface area contributed by atoms with Gasteiger partial charge >= 0.3 is 0 Å². The highest BCUT2D eigenvalue weighted by Crippen LogP contribution is 2.05. The Morgan fingerprint density at radius 2 is 2.09 bits per heavy atom. The van der Waals surface area contributed by atoms with Crippen LogP contribution in [0.5, 0.6) is 0 Å². The molecule has 0 atom stereocenters. The summed E-state index contributed by atoms with van der Waals surface area (Å²) < 4.78 is 0. The molecule has 0 aliphatic carbocycles. The predicted octanol–water partition coefficient (Wildman–Crippen LogP) is 1.58. The second-order valence-electron chi connectivity index (χ2n) is 2.46. The van der Waals surface area contributed by atoms with Crippen LogP contribution in [0.15, 0.2) is 12.3 Å². The minimum absolute atomic E-state index is 0. The summed E-state index contributed by atoms with van der Waals surface area (Å²) in [5, 5.41) is 0. The molecule has 0 saturated heterocycles. The summed E-state index contributed by atoms with van der Waals surface area (Å²) >= 11 is 0. The lowest BCUT2D eigenvalue weighted by Crippen LogP contribution is -2.00. The van der Waals surface area contributed by atoms with Gasteiger partial charge in [0, 0.05) is 18.4 Å². The molecule has 0 radical (unpaired) electrons. The van der Waals surface area contributed by atoms with Crippen molar-refractivity contribution in [1.82, 2.24) is 4.98 Å². The number of hydrogen-bond donors (Lipinski definition) is 1. The van der Waals surface area contributed by atoms with Gasteiger partial charge in [-0.1, -0.05) is 6.07 Å². The Morgan fingerprint density at radius 3 is 2.55 bits per heavy atom. The molecule has 1 heterocycles. The van der Waals surface area contributed by atoms with Gasteiger partial charge in [-0.05, 0) is 25.0 Å². The molecule has 2 N–H and O–H groups in total. The molecule has 0 aromatic carbocycles. The Labute approximate surface area is 73.2 Å². The highest BCUT2D eigenvalue weighted by atomic mass is 35.5. The standard InChI is InChI=1S/C8H12N2.ClH/c1-6-3-8(4-9)7(2)10-5-6;/h3,5H,4,9H2,1-2H3;1H. The second-order valence-corrected chi connectivity index (χ2v) is 2.46. The van der Waals surface area contributed by atoms with E-state index in [1.807, 2.05) is 20.0 Å². The number of aryl methyl sites for hydroxylation is 2. The molecule has 62 valence electrons. The molecule has 0 spiro atoms. The van der Waals surface area contributed by atoms with Crippen molar-refractivity contribution in [2.24, 2.45) is 5.73 Å². The Morgan fingerprint density at radius 1 is 1.45 bits per heavy atom. The Hall–Kier alpha value is -0.600. The van der Waals surface area contributed by atoms with E-state index in [1.54, 1.807) is 0 Å². The van der Waals surface area contributed by atoms with Crippen molar-refractivity contribution in [1.29, 1.82) is 0 Å². The van der Waals surface area contributed by atoms with Crippen molar-refractivity contribution in [3.05, 3.63) is 29.1 Å². The summed E-state index contributed by atoms with van der Waals surface area (Å²) in [6.07, 6.45) is 1.86. The maximum atomic E-state index is 5.48. The maximum absolute atomic E-state index is 5.48. The molecule has 1 aromatic rings. The van der Waals surface area contributed by atoms with Gasteiger partial charge in [0.2, 0.25) is 0 Å². The first kappa shape index (κ1) is 10.4. The van der Waals surface area contributed by atoms with Crippen molar-refractivity contribution >= 4 is 12.4 Å². The molecule has 1 rings (SSSR count). The van der Waals surface area contributed by atoms with Crippen LogP contribution >= 0.6 is 12.4 Å². The van der Waals surface area contributed by atoms with Gasteiger partial charge in [0.25, 0.3) is 0 Å². The van der Waals surface area contributed by atoms with E-state index in [2.05, 4.69) is 11.1 Å². The molecule has 0 fully saturated rings. The smallest absolute Gasteiger partial charge is 0.0417 e. The minimum Gasteiger partial charge on any atom is -0.326 e. The first-order chi connectivity index (χ1) is 4.74. The molecular weight excluding hydrogens is 160 g/mol. The number of hydrogen-bond acceptors (Lipinski definition) is 2. The molecule has 0 bridgehead atoms. The van der Waals surface area contributed by atoms with Crippen LogP contribution in [-0.4, -0.2) is 4.98 Å². The number of rotatable bonds is 1. The second kappa shape index (κ2) is 4.31. The average molecular weight is 173 g/mol. The van der Waals surface area contributed by atoms with Gasteiger partial charge in [-0.2, -0.15) is 0 Å². The minimum atomic E-state index is 0. The Bertz CT molecular complexity index is 236. The molecule has 0 amide bonds. The molecule has 0 saturated carbocycles. The molecule has 3 heteroatoms. The zero-order chi connectivity index (χ0) is 7.56. The molecule has 0 aliphatic heterocycles. The third-order valence-electron chi connectivity index (χ3n) is 1.55. The lowest BCUT2D eigenvalue weighted by molar-refractivity contribution is 0.998. The van der Waals surface area contributed by atoms with Crippen molar-refractivity contribution < 1.29 is 0 Å². The van der Waals surface area contributed by atoms with Crippen molar-refractivity contribution in [2.75, 3.05) is 0 Å². The molecule has 1 aromatic heterocycles. The number of aromatic nitrogens is 1. The summed E-state index contributed by atoms with van der Waals surface area (Å²) in [6.45, 7) is 4.58.